The lowest BCUT2D eigenvalue weighted by Gasteiger charge is -2.18. The van der Waals surface area contributed by atoms with Gasteiger partial charge in [0.2, 0.25) is 11.8 Å². The number of carboxylic acid groups (broad SMARTS) is 1. The highest BCUT2D eigenvalue weighted by molar-refractivity contribution is 5.96. The van der Waals surface area contributed by atoms with E-state index in [9.17, 15) is 14.4 Å². The maximum atomic E-state index is 12.4. The Balaban J connectivity index is 2.16. The molecule has 0 aliphatic heterocycles. The third-order valence-corrected chi connectivity index (χ3v) is 3.80. The zero-order chi connectivity index (χ0) is 19.6. The van der Waals surface area contributed by atoms with E-state index in [-0.39, 0.29) is 19.4 Å². The number of carbonyl (C=O) groups excluding carboxylic acids is 2. The quantitative estimate of drug-likeness (QED) is 0.484. The number of rotatable bonds is 8. The molecule has 2 aromatic rings. The molecule has 0 aliphatic rings. The number of hydrogen-bond donors (Lipinski definition) is 3. The summed E-state index contributed by atoms with van der Waals surface area (Å²) in [6.07, 6.45) is 1.95. The van der Waals surface area contributed by atoms with Gasteiger partial charge in [0.1, 0.15) is 6.04 Å². The molecule has 2 aromatic carbocycles. The average molecular weight is 365 g/mol. The highest BCUT2D eigenvalue weighted by Crippen LogP contribution is 2.16. The van der Waals surface area contributed by atoms with Crippen LogP contribution in [0.5, 0.6) is 0 Å². The number of carbonyl (C=O) groups is 3. The second-order valence-electron chi connectivity index (χ2n) is 5.82. The molecule has 7 heteroatoms. The Morgan fingerprint density at radius 1 is 1.11 bits per heavy atom. The first-order valence-corrected chi connectivity index (χ1v) is 8.33. The zero-order valence-electron chi connectivity index (χ0n) is 14.5. The minimum Gasteiger partial charge on any atom is -0.478 e. The van der Waals surface area contributed by atoms with Crippen molar-refractivity contribution < 1.29 is 19.5 Å². The van der Waals surface area contributed by atoms with Crippen molar-refractivity contribution in [2.45, 2.75) is 18.9 Å². The Kier molecular flexibility index (Phi) is 7.08. The lowest BCUT2D eigenvalue weighted by molar-refractivity contribution is -0.131. The second kappa shape index (κ2) is 9.73. The SMILES string of the molecule is N#CCCNC(=O)C(Cc1ccc2ccccc2c1)NC(=O)C=CC(=O)O. The molecule has 0 fully saturated rings. The number of amides is 2. The molecule has 3 N–H and O–H groups in total. The van der Waals surface area contributed by atoms with E-state index in [0.29, 0.717) is 6.08 Å². The van der Waals surface area contributed by atoms with Gasteiger partial charge in [0.05, 0.1) is 12.5 Å². The predicted molar refractivity (Wildman–Crippen MR) is 99.6 cm³/mol. The molecule has 0 saturated heterocycles. The van der Waals surface area contributed by atoms with Gasteiger partial charge in [-0.25, -0.2) is 4.79 Å². The minimum atomic E-state index is -1.25. The number of nitrogens with zero attached hydrogens (tertiary/aromatic N) is 1. The van der Waals surface area contributed by atoms with Gasteiger partial charge in [-0.2, -0.15) is 5.26 Å². The normalized spacial score (nSPS) is 11.7. The largest absolute Gasteiger partial charge is 0.478 e. The van der Waals surface area contributed by atoms with Gasteiger partial charge < -0.3 is 15.7 Å². The van der Waals surface area contributed by atoms with E-state index in [0.717, 1.165) is 22.4 Å². The molecule has 0 saturated carbocycles. The van der Waals surface area contributed by atoms with E-state index in [1.54, 1.807) is 0 Å². The predicted octanol–water partition coefficient (Wildman–Crippen LogP) is 1.54. The fourth-order valence-corrected chi connectivity index (χ4v) is 2.54. The Morgan fingerprint density at radius 3 is 2.56 bits per heavy atom. The average Bonchev–Trinajstić information content (AvgIpc) is 2.66. The van der Waals surface area contributed by atoms with Gasteiger partial charge >= 0.3 is 5.97 Å². The lowest BCUT2D eigenvalue weighted by atomic mass is 10.0. The summed E-state index contributed by atoms with van der Waals surface area (Å²) in [4.78, 5) is 34.8. The van der Waals surface area contributed by atoms with Gasteiger partial charge in [-0.1, -0.05) is 42.5 Å². The molecule has 1 unspecified atom stereocenters. The van der Waals surface area contributed by atoms with Crippen LogP contribution in [0, 0.1) is 11.3 Å². The summed E-state index contributed by atoms with van der Waals surface area (Å²) in [6.45, 7) is 0.171. The van der Waals surface area contributed by atoms with Gasteiger partial charge in [0, 0.05) is 25.1 Å². The number of aliphatic carboxylic acids is 1. The van der Waals surface area contributed by atoms with Crippen LogP contribution in [0.25, 0.3) is 10.8 Å². The molecule has 0 bridgehead atoms. The molecule has 1 atom stereocenters. The number of fused-ring (bicyclic) bond motifs is 1. The lowest BCUT2D eigenvalue weighted by Crippen LogP contribution is -2.47. The molecule has 138 valence electrons. The zero-order valence-corrected chi connectivity index (χ0v) is 14.5. The summed E-state index contributed by atoms with van der Waals surface area (Å²) < 4.78 is 0. The molecule has 27 heavy (non-hydrogen) atoms. The summed E-state index contributed by atoms with van der Waals surface area (Å²) in [5.74, 6) is -2.37. The van der Waals surface area contributed by atoms with Gasteiger partial charge in [-0.05, 0) is 16.3 Å². The van der Waals surface area contributed by atoms with Crippen molar-refractivity contribution in [1.29, 1.82) is 5.26 Å². The van der Waals surface area contributed by atoms with Crippen molar-refractivity contribution >= 4 is 28.6 Å². The number of nitrogens with one attached hydrogen (secondary N) is 2. The number of benzene rings is 2. The van der Waals surface area contributed by atoms with E-state index >= 15 is 0 Å². The van der Waals surface area contributed by atoms with Gasteiger partial charge in [-0.15, -0.1) is 0 Å². The van der Waals surface area contributed by atoms with E-state index in [2.05, 4.69) is 10.6 Å². The molecule has 0 spiro atoms. The number of carboxylic acids is 1. The van der Waals surface area contributed by atoms with Gasteiger partial charge in [0.25, 0.3) is 0 Å². The molecule has 0 aromatic heterocycles. The summed E-state index contributed by atoms with van der Waals surface area (Å²) in [5.41, 5.74) is 0.844. The molecular weight excluding hydrogens is 346 g/mol. The van der Waals surface area contributed by atoms with E-state index in [1.807, 2.05) is 48.5 Å². The van der Waals surface area contributed by atoms with Crippen LogP contribution in [-0.4, -0.2) is 35.5 Å². The van der Waals surface area contributed by atoms with Crippen LogP contribution in [0.3, 0.4) is 0 Å². The van der Waals surface area contributed by atoms with Crippen LogP contribution in [-0.2, 0) is 20.8 Å². The van der Waals surface area contributed by atoms with E-state index in [4.69, 9.17) is 10.4 Å². The topological polar surface area (TPSA) is 119 Å². The van der Waals surface area contributed by atoms with Crippen LogP contribution in [0.1, 0.15) is 12.0 Å². The third-order valence-electron chi connectivity index (χ3n) is 3.80. The molecule has 0 aliphatic carbocycles. The Morgan fingerprint density at radius 2 is 1.85 bits per heavy atom. The molecule has 2 rings (SSSR count). The van der Waals surface area contributed by atoms with Crippen molar-refractivity contribution in [2.24, 2.45) is 0 Å². The first-order valence-electron chi connectivity index (χ1n) is 8.33. The molecule has 2 amide bonds. The maximum Gasteiger partial charge on any atom is 0.328 e. The Bertz CT molecular complexity index is 915. The van der Waals surface area contributed by atoms with Crippen molar-refractivity contribution in [3.8, 4) is 6.07 Å². The van der Waals surface area contributed by atoms with Crippen LogP contribution in [0.4, 0.5) is 0 Å². The molecule has 0 heterocycles. The summed E-state index contributed by atoms with van der Waals surface area (Å²) in [5, 5.41) is 24.4. The Labute approximate surface area is 156 Å². The van der Waals surface area contributed by atoms with E-state index < -0.39 is 23.8 Å². The third kappa shape index (κ3) is 6.29. The molecular formula is C20H19N3O4. The number of hydrogen-bond acceptors (Lipinski definition) is 4. The second-order valence-corrected chi connectivity index (χ2v) is 5.82. The first-order chi connectivity index (χ1) is 13.0. The molecule has 0 radical (unpaired) electrons. The first kappa shape index (κ1) is 19.7. The van der Waals surface area contributed by atoms with Crippen LogP contribution < -0.4 is 10.6 Å². The highest BCUT2D eigenvalue weighted by Gasteiger charge is 2.20. The van der Waals surface area contributed by atoms with E-state index in [1.165, 1.54) is 0 Å². The summed E-state index contributed by atoms with van der Waals surface area (Å²) in [7, 11) is 0. The van der Waals surface area contributed by atoms with Gasteiger partial charge in [-0.3, -0.25) is 9.59 Å². The maximum absolute atomic E-state index is 12.4. The van der Waals surface area contributed by atoms with Crippen LogP contribution >= 0.6 is 0 Å². The molecule has 7 nitrogen and oxygen atoms in total. The van der Waals surface area contributed by atoms with Crippen molar-refractivity contribution in [3.63, 3.8) is 0 Å². The van der Waals surface area contributed by atoms with Gasteiger partial charge in [0.15, 0.2) is 0 Å². The summed E-state index contributed by atoms with van der Waals surface area (Å²) in [6, 6.07) is 14.5. The highest BCUT2D eigenvalue weighted by atomic mass is 16.4. The standard InChI is InChI=1S/C20H19N3O4/c21-10-3-11-22-20(27)17(23-18(24)8-9-19(25)26)13-14-6-7-15-4-1-2-5-16(15)12-14/h1-2,4-9,12,17H,3,11,13H2,(H,22,27)(H,23,24)(H,25,26). The van der Waals surface area contributed by atoms with Crippen molar-refractivity contribution in [3.05, 3.63) is 60.2 Å². The van der Waals surface area contributed by atoms with Crippen LogP contribution in [0.15, 0.2) is 54.6 Å². The number of nitriles is 1. The smallest absolute Gasteiger partial charge is 0.328 e. The fraction of sp³-hybridized carbons (Fsp3) is 0.200. The summed E-state index contributed by atoms with van der Waals surface area (Å²) >= 11 is 0. The van der Waals surface area contributed by atoms with Crippen molar-refractivity contribution in [2.75, 3.05) is 6.54 Å². The Hall–Kier alpha value is -3.66. The van der Waals surface area contributed by atoms with Crippen molar-refractivity contribution in [1.82, 2.24) is 10.6 Å². The minimum absolute atomic E-state index is 0.154. The monoisotopic (exact) mass is 365 g/mol. The van der Waals surface area contributed by atoms with Crippen LogP contribution in [0.2, 0.25) is 0 Å². The fourth-order valence-electron chi connectivity index (χ4n) is 2.54.